The highest BCUT2D eigenvalue weighted by Crippen LogP contribution is 2.28. The zero-order valence-corrected chi connectivity index (χ0v) is 11.5. The number of benzene rings is 2. The van der Waals surface area contributed by atoms with E-state index in [2.05, 4.69) is 33.7 Å². The Kier molecular flexibility index (Phi) is 3.14. The van der Waals surface area contributed by atoms with Crippen LogP contribution in [0.5, 0.6) is 0 Å². The SMILES string of the molecule is c1ccc2c(-c3noc([C@@H]4CNCCO4)n3)cccc2c1. The Morgan fingerprint density at radius 1 is 1.10 bits per heavy atom. The van der Waals surface area contributed by atoms with Crippen molar-refractivity contribution < 1.29 is 9.26 Å². The molecule has 1 atom stereocenters. The summed E-state index contributed by atoms with van der Waals surface area (Å²) < 4.78 is 11.0. The molecule has 1 aliphatic heterocycles. The van der Waals surface area contributed by atoms with Crippen LogP contribution in [0.25, 0.3) is 22.2 Å². The molecular weight excluding hydrogens is 266 g/mol. The van der Waals surface area contributed by atoms with Crippen LogP contribution in [-0.2, 0) is 4.74 Å². The maximum atomic E-state index is 5.64. The van der Waals surface area contributed by atoms with E-state index in [9.17, 15) is 0 Å². The Hall–Kier alpha value is -2.24. The Labute approximate surface area is 121 Å². The van der Waals surface area contributed by atoms with E-state index in [1.54, 1.807) is 0 Å². The van der Waals surface area contributed by atoms with Crippen molar-refractivity contribution in [1.29, 1.82) is 0 Å². The average molecular weight is 281 g/mol. The van der Waals surface area contributed by atoms with Gasteiger partial charge in [-0.25, -0.2) is 0 Å². The van der Waals surface area contributed by atoms with Crippen molar-refractivity contribution in [3.05, 3.63) is 48.4 Å². The lowest BCUT2D eigenvalue weighted by atomic mass is 10.0. The summed E-state index contributed by atoms with van der Waals surface area (Å²) in [5.41, 5.74) is 0.979. The third-order valence-electron chi connectivity index (χ3n) is 3.68. The van der Waals surface area contributed by atoms with E-state index in [1.807, 2.05) is 24.3 Å². The normalized spacial score (nSPS) is 19.0. The van der Waals surface area contributed by atoms with E-state index in [0.717, 1.165) is 22.9 Å². The Morgan fingerprint density at radius 2 is 2.00 bits per heavy atom. The van der Waals surface area contributed by atoms with Gasteiger partial charge >= 0.3 is 0 Å². The molecule has 1 fully saturated rings. The van der Waals surface area contributed by atoms with Gasteiger partial charge in [0, 0.05) is 18.7 Å². The minimum absolute atomic E-state index is 0.157. The molecule has 5 heteroatoms. The van der Waals surface area contributed by atoms with Gasteiger partial charge in [0.05, 0.1) is 6.61 Å². The molecule has 1 saturated heterocycles. The zero-order valence-electron chi connectivity index (χ0n) is 11.5. The van der Waals surface area contributed by atoms with Crippen LogP contribution < -0.4 is 5.32 Å². The third kappa shape index (κ3) is 2.30. The lowest BCUT2D eigenvalue weighted by molar-refractivity contribution is 0.00755. The van der Waals surface area contributed by atoms with E-state index in [-0.39, 0.29) is 6.10 Å². The van der Waals surface area contributed by atoms with Gasteiger partial charge in [-0.3, -0.25) is 0 Å². The van der Waals surface area contributed by atoms with E-state index in [0.29, 0.717) is 24.9 Å². The Balaban J connectivity index is 1.74. The Morgan fingerprint density at radius 3 is 2.90 bits per heavy atom. The van der Waals surface area contributed by atoms with Crippen LogP contribution in [0.15, 0.2) is 47.0 Å². The molecule has 0 amide bonds. The maximum absolute atomic E-state index is 5.64. The minimum atomic E-state index is -0.157. The molecule has 0 spiro atoms. The van der Waals surface area contributed by atoms with E-state index < -0.39 is 0 Å². The predicted octanol–water partition coefficient (Wildman–Crippen LogP) is 2.55. The number of hydrogen-bond donors (Lipinski definition) is 1. The summed E-state index contributed by atoms with van der Waals surface area (Å²) in [6.45, 7) is 2.23. The summed E-state index contributed by atoms with van der Waals surface area (Å²) in [5, 5.41) is 9.66. The molecule has 5 nitrogen and oxygen atoms in total. The number of nitrogens with zero attached hydrogens (tertiary/aromatic N) is 2. The molecule has 0 bridgehead atoms. The van der Waals surface area contributed by atoms with Gasteiger partial charge in [-0.15, -0.1) is 0 Å². The summed E-state index contributed by atoms with van der Waals surface area (Å²) in [4.78, 5) is 4.51. The van der Waals surface area contributed by atoms with E-state index in [1.165, 1.54) is 0 Å². The van der Waals surface area contributed by atoms with Crippen LogP contribution in [0.4, 0.5) is 0 Å². The van der Waals surface area contributed by atoms with Crippen molar-refractivity contribution in [1.82, 2.24) is 15.5 Å². The van der Waals surface area contributed by atoms with Crippen LogP contribution in [0.2, 0.25) is 0 Å². The second-order valence-electron chi connectivity index (χ2n) is 5.05. The van der Waals surface area contributed by atoms with Crippen molar-refractivity contribution in [3.63, 3.8) is 0 Å². The van der Waals surface area contributed by atoms with Crippen LogP contribution in [0.3, 0.4) is 0 Å². The third-order valence-corrected chi connectivity index (χ3v) is 3.68. The van der Waals surface area contributed by atoms with Crippen molar-refractivity contribution >= 4 is 10.8 Å². The molecule has 3 aromatic rings. The first-order chi connectivity index (χ1) is 10.4. The summed E-state index contributed by atoms with van der Waals surface area (Å²) in [6, 6.07) is 14.3. The fourth-order valence-electron chi connectivity index (χ4n) is 2.62. The largest absolute Gasteiger partial charge is 0.366 e. The molecule has 1 aromatic heterocycles. The highest BCUT2D eigenvalue weighted by Gasteiger charge is 2.22. The van der Waals surface area contributed by atoms with Crippen LogP contribution in [0, 0.1) is 0 Å². The Bertz CT molecular complexity index is 758. The van der Waals surface area contributed by atoms with Crippen molar-refractivity contribution in [3.8, 4) is 11.4 Å². The number of fused-ring (bicyclic) bond motifs is 1. The van der Waals surface area contributed by atoms with Gasteiger partial charge in [-0.05, 0) is 10.8 Å². The van der Waals surface area contributed by atoms with Crippen LogP contribution >= 0.6 is 0 Å². The highest BCUT2D eigenvalue weighted by molar-refractivity contribution is 5.94. The molecule has 0 radical (unpaired) electrons. The van der Waals surface area contributed by atoms with Crippen molar-refractivity contribution in [2.24, 2.45) is 0 Å². The first-order valence-electron chi connectivity index (χ1n) is 7.06. The van der Waals surface area contributed by atoms with Gasteiger partial charge in [0.1, 0.15) is 6.10 Å². The van der Waals surface area contributed by atoms with Gasteiger partial charge in [-0.1, -0.05) is 47.6 Å². The van der Waals surface area contributed by atoms with Gasteiger partial charge in [-0.2, -0.15) is 4.98 Å². The molecule has 21 heavy (non-hydrogen) atoms. The molecule has 4 rings (SSSR count). The van der Waals surface area contributed by atoms with Crippen LogP contribution in [0.1, 0.15) is 12.0 Å². The zero-order chi connectivity index (χ0) is 14.1. The monoisotopic (exact) mass is 281 g/mol. The number of ether oxygens (including phenoxy) is 1. The van der Waals surface area contributed by atoms with E-state index in [4.69, 9.17) is 9.26 Å². The number of hydrogen-bond acceptors (Lipinski definition) is 5. The summed E-state index contributed by atoms with van der Waals surface area (Å²) in [7, 11) is 0. The number of nitrogens with one attached hydrogen (secondary N) is 1. The molecule has 2 aromatic carbocycles. The number of rotatable bonds is 2. The molecule has 2 heterocycles. The fraction of sp³-hybridized carbons (Fsp3) is 0.250. The lowest BCUT2D eigenvalue weighted by Gasteiger charge is -2.19. The maximum Gasteiger partial charge on any atom is 0.257 e. The number of aromatic nitrogens is 2. The minimum Gasteiger partial charge on any atom is -0.366 e. The second kappa shape index (κ2) is 5.27. The first-order valence-corrected chi connectivity index (χ1v) is 7.06. The summed E-state index contributed by atoms with van der Waals surface area (Å²) in [5.74, 6) is 1.14. The average Bonchev–Trinajstić information content (AvgIpc) is 3.05. The quantitative estimate of drug-likeness (QED) is 0.782. The fourth-order valence-corrected chi connectivity index (χ4v) is 2.62. The predicted molar refractivity (Wildman–Crippen MR) is 78.8 cm³/mol. The molecule has 106 valence electrons. The van der Waals surface area contributed by atoms with Crippen molar-refractivity contribution in [2.75, 3.05) is 19.7 Å². The molecule has 0 unspecified atom stereocenters. The van der Waals surface area contributed by atoms with Gasteiger partial charge in [0.2, 0.25) is 5.82 Å². The second-order valence-corrected chi connectivity index (χ2v) is 5.05. The lowest BCUT2D eigenvalue weighted by Crippen LogP contribution is -2.33. The first kappa shape index (κ1) is 12.5. The van der Waals surface area contributed by atoms with E-state index >= 15 is 0 Å². The van der Waals surface area contributed by atoms with Gasteiger partial charge < -0.3 is 14.6 Å². The molecule has 1 N–H and O–H groups in total. The van der Waals surface area contributed by atoms with Gasteiger partial charge in [0.15, 0.2) is 0 Å². The van der Waals surface area contributed by atoms with Crippen molar-refractivity contribution in [2.45, 2.75) is 6.10 Å². The highest BCUT2D eigenvalue weighted by atomic mass is 16.5. The molecular formula is C16H15N3O2. The number of morpholine rings is 1. The van der Waals surface area contributed by atoms with Crippen LogP contribution in [-0.4, -0.2) is 29.8 Å². The smallest absolute Gasteiger partial charge is 0.257 e. The van der Waals surface area contributed by atoms with Gasteiger partial charge in [0.25, 0.3) is 5.89 Å². The topological polar surface area (TPSA) is 60.2 Å². The summed E-state index contributed by atoms with van der Waals surface area (Å²) >= 11 is 0. The molecule has 1 aliphatic rings. The molecule has 0 aliphatic carbocycles. The standard InChI is InChI=1S/C16H15N3O2/c1-2-6-12-11(4-1)5-3-7-13(12)15-18-16(21-19-15)14-10-17-8-9-20-14/h1-7,14,17H,8-10H2/t14-/m0/s1. The summed E-state index contributed by atoms with van der Waals surface area (Å²) in [6.07, 6.45) is -0.157. The molecule has 0 saturated carbocycles.